The van der Waals surface area contributed by atoms with Crippen LogP contribution in [0.5, 0.6) is 0 Å². The van der Waals surface area contributed by atoms with Gasteiger partial charge in [-0.1, -0.05) is 19.4 Å². The van der Waals surface area contributed by atoms with Crippen LogP contribution in [0, 0.1) is 0 Å². The molecule has 3 nitrogen and oxygen atoms in total. The van der Waals surface area contributed by atoms with E-state index < -0.39 is 5.97 Å². The van der Waals surface area contributed by atoms with Gasteiger partial charge in [-0.05, 0) is 26.2 Å². The number of epoxide rings is 1. The average molecular weight is 198 g/mol. The molecule has 80 valence electrons. The first-order chi connectivity index (χ1) is 6.53. The molecule has 1 aliphatic heterocycles. The summed E-state index contributed by atoms with van der Waals surface area (Å²) in [6.45, 7) is 6.49. The Balaban J connectivity index is 1.94. The van der Waals surface area contributed by atoms with Crippen molar-refractivity contribution in [3.63, 3.8) is 0 Å². The fourth-order valence-electron chi connectivity index (χ4n) is 1.39. The highest BCUT2D eigenvalue weighted by molar-refractivity contribution is 5.85. The number of hydrogen-bond acceptors (Lipinski definition) is 2. The molecule has 0 amide bonds. The molecule has 0 aromatic carbocycles. The predicted molar refractivity (Wildman–Crippen MR) is 54.2 cm³/mol. The van der Waals surface area contributed by atoms with E-state index in [1.807, 2.05) is 0 Å². The highest BCUT2D eigenvalue weighted by Crippen LogP contribution is 2.31. The highest BCUT2D eigenvalue weighted by atomic mass is 16.6. The summed E-state index contributed by atoms with van der Waals surface area (Å²) in [4.78, 5) is 10.4. The fourth-order valence-corrected chi connectivity index (χ4v) is 1.39. The number of aliphatic carboxylic acids is 1. The summed E-state index contributed by atoms with van der Waals surface area (Å²) in [6.07, 6.45) is 4.79. The molecule has 1 unspecified atom stereocenters. The van der Waals surface area contributed by atoms with Gasteiger partial charge in [0.1, 0.15) is 0 Å². The Labute approximate surface area is 84.8 Å². The summed E-state index contributed by atoms with van der Waals surface area (Å²) in [6, 6.07) is 0. The lowest BCUT2D eigenvalue weighted by atomic mass is 10.0. The molecular weight excluding hydrogens is 180 g/mol. The molecule has 1 N–H and O–H groups in total. The minimum absolute atomic E-state index is 0.143. The molecule has 0 aromatic heterocycles. The van der Waals surface area contributed by atoms with Crippen molar-refractivity contribution >= 4 is 5.97 Å². The van der Waals surface area contributed by atoms with Crippen LogP contribution in [0.1, 0.15) is 39.0 Å². The molecule has 0 spiro atoms. The van der Waals surface area contributed by atoms with Gasteiger partial charge in [0, 0.05) is 5.57 Å². The third kappa shape index (κ3) is 3.92. The maximum atomic E-state index is 10.4. The lowest BCUT2D eigenvalue weighted by Crippen LogP contribution is -2.03. The van der Waals surface area contributed by atoms with Gasteiger partial charge in [-0.15, -0.1) is 0 Å². The van der Waals surface area contributed by atoms with Crippen molar-refractivity contribution < 1.29 is 14.6 Å². The van der Waals surface area contributed by atoms with Crippen LogP contribution in [0.4, 0.5) is 0 Å². The SMILES string of the molecule is C=C(CCCCCC1(C)CO1)C(=O)O. The van der Waals surface area contributed by atoms with Crippen molar-refractivity contribution in [3.8, 4) is 0 Å². The minimum atomic E-state index is -0.873. The van der Waals surface area contributed by atoms with Gasteiger partial charge in [-0.2, -0.15) is 0 Å². The lowest BCUT2D eigenvalue weighted by Gasteiger charge is -2.04. The normalized spacial score (nSPS) is 24.6. The fraction of sp³-hybridized carbons (Fsp3) is 0.727. The van der Waals surface area contributed by atoms with Crippen LogP contribution in [0.3, 0.4) is 0 Å². The highest BCUT2D eigenvalue weighted by Gasteiger charge is 2.37. The maximum Gasteiger partial charge on any atom is 0.330 e. The van der Waals surface area contributed by atoms with Crippen LogP contribution in [0.15, 0.2) is 12.2 Å². The number of ether oxygens (including phenoxy) is 1. The van der Waals surface area contributed by atoms with E-state index in [1.54, 1.807) is 0 Å². The van der Waals surface area contributed by atoms with Gasteiger partial charge in [0.15, 0.2) is 0 Å². The van der Waals surface area contributed by atoms with E-state index >= 15 is 0 Å². The van der Waals surface area contributed by atoms with Crippen LogP contribution < -0.4 is 0 Å². The van der Waals surface area contributed by atoms with Gasteiger partial charge in [0.2, 0.25) is 0 Å². The molecule has 1 fully saturated rings. The van der Waals surface area contributed by atoms with E-state index in [-0.39, 0.29) is 5.60 Å². The summed E-state index contributed by atoms with van der Waals surface area (Å²) in [7, 11) is 0. The van der Waals surface area contributed by atoms with Crippen molar-refractivity contribution in [2.75, 3.05) is 6.61 Å². The quantitative estimate of drug-likeness (QED) is 0.388. The van der Waals surface area contributed by atoms with E-state index in [0.29, 0.717) is 12.0 Å². The Morgan fingerprint density at radius 2 is 2.14 bits per heavy atom. The molecule has 1 aliphatic rings. The number of carbonyl (C=O) groups is 1. The van der Waals surface area contributed by atoms with Crippen LogP contribution in [0.25, 0.3) is 0 Å². The number of carboxylic acid groups (broad SMARTS) is 1. The monoisotopic (exact) mass is 198 g/mol. The van der Waals surface area contributed by atoms with Gasteiger partial charge < -0.3 is 9.84 Å². The smallest absolute Gasteiger partial charge is 0.330 e. The predicted octanol–water partition coefficient (Wildman–Crippen LogP) is 2.37. The number of unbranched alkanes of at least 4 members (excludes halogenated alkanes) is 2. The Morgan fingerprint density at radius 1 is 1.50 bits per heavy atom. The molecule has 1 rings (SSSR count). The molecule has 0 bridgehead atoms. The van der Waals surface area contributed by atoms with Gasteiger partial charge in [0.25, 0.3) is 0 Å². The van der Waals surface area contributed by atoms with E-state index in [4.69, 9.17) is 9.84 Å². The third-order valence-corrected chi connectivity index (χ3v) is 2.62. The summed E-state index contributed by atoms with van der Waals surface area (Å²) >= 11 is 0. The van der Waals surface area contributed by atoms with Gasteiger partial charge >= 0.3 is 5.97 Å². The molecular formula is C11H18O3. The second-order valence-electron chi connectivity index (χ2n) is 4.21. The topological polar surface area (TPSA) is 49.8 Å². The summed E-state index contributed by atoms with van der Waals surface area (Å²) in [5, 5.41) is 8.56. The minimum Gasteiger partial charge on any atom is -0.478 e. The second kappa shape index (κ2) is 4.60. The molecule has 14 heavy (non-hydrogen) atoms. The lowest BCUT2D eigenvalue weighted by molar-refractivity contribution is -0.132. The maximum absolute atomic E-state index is 10.4. The molecule has 3 heteroatoms. The van der Waals surface area contributed by atoms with Crippen molar-refractivity contribution in [3.05, 3.63) is 12.2 Å². The van der Waals surface area contributed by atoms with E-state index in [0.717, 1.165) is 32.3 Å². The van der Waals surface area contributed by atoms with Crippen molar-refractivity contribution in [2.24, 2.45) is 0 Å². The Kier molecular flexibility index (Phi) is 3.69. The molecule has 0 aliphatic carbocycles. The Bertz CT molecular complexity index is 229. The molecule has 1 heterocycles. The summed E-state index contributed by atoms with van der Waals surface area (Å²) < 4.78 is 5.25. The largest absolute Gasteiger partial charge is 0.478 e. The van der Waals surface area contributed by atoms with Crippen LogP contribution >= 0.6 is 0 Å². The van der Waals surface area contributed by atoms with E-state index in [1.165, 1.54) is 0 Å². The first-order valence-corrected chi connectivity index (χ1v) is 5.08. The van der Waals surface area contributed by atoms with Crippen LogP contribution in [0.2, 0.25) is 0 Å². The standard InChI is InChI=1S/C11H18O3/c1-9(10(12)13)6-4-3-5-7-11(2)8-14-11/h1,3-8H2,2H3,(H,12,13). The molecule has 1 atom stereocenters. The zero-order valence-electron chi connectivity index (χ0n) is 8.71. The average Bonchev–Trinajstić information content (AvgIpc) is 2.83. The third-order valence-electron chi connectivity index (χ3n) is 2.62. The van der Waals surface area contributed by atoms with Gasteiger partial charge in [0.05, 0.1) is 12.2 Å². The van der Waals surface area contributed by atoms with Crippen LogP contribution in [-0.2, 0) is 9.53 Å². The van der Waals surface area contributed by atoms with E-state index in [9.17, 15) is 4.79 Å². The summed E-state index contributed by atoms with van der Waals surface area (Å²) in [5.41, 5.74) is 0.461. The zero-order chi connectivity index (χ0) is 10.6. The Hall–Kier alpha value is -0.830. The number of hydrogen-bond donors (Lipinski definition) is 1. The number of carboxylic acids is 1. The van der Waals surface area contributed by atoms with Gasteiger partial charge in [-0.25, -0.2) is 4.79 Å². The summed E-state index contributed by atoms with van der Waals surface area (Å²) in [5.74, 6) is -0.873. The first kappa shape index (κ1) is 11.2. The number of rotatable bonds is 7. The molecule has 0 aromatic rings. The van der Waals surface area contributed by atoms with Crippen molar-refractivity contribution in [1.29, 1.82) is 0 Å². The van der Waals surface area contributed by atoms with Crippen molar-refractivity contribution in [2.45, 2.75) is 44.6 Å². The molecule has 1 saturated heterocycles. The first-order valence-electron chi connectivity index (χ1n) is 5.08. The second-order valence-corrected chi connectivity index (χ2v) is 4.21. The van der Waals surface area contributed by atoms with Crippen LogP contribution in [-0.4, -0.2) is 23.3 Å². The van der Waals surface area contributed by atoms with E-state index in [2.05, 4.69) is 13.5 Å². The van der Waals surface area contributed by atoms with Gasteiger partial charge in [-0.3, -0.25) is 0 Å². The Morgan fingerprint density at radius 3 is 2.64 bits per heavy atom. The zero-order valence-corrected chi connectivity index (χ0v) is 8.71. The molecule has 0 saturated carbocycles. The van der Waals surface area contributed by atoms with Crippen molar-refractivity contribution in [1.82, 2.24) is 0 Å². The molecule has 0 radical (unpaired) electrons.